The topological polar surface area (TPSA) is 55.1 Å². The lowest BCUT2D eigenvalue weighted by Gasteiger charge is -2.04. The molecular weight excluding hydrogens is 271 g/mol. The third-order valence-electron chi connectivity index (χ3n) is 3.41. The molecule has 5 heteroatoms. The van der Waals surface area contributed by atoms with Gasteiger partial charge in [-0.15, -0.1) is 0 Å². The molecule has 0 aliphatic rings. The molecule has 3 rings (SSSR count). The zero-order valence-corrected chi connectivity index (χ0v) is 11.4. The van der Waals surface area contributed by atoms with Crippen molar-refractivity contribution in [2.45, 2.75) is 13.3 Å². The van der Waals surface area contributed by atoms with Gasteiger partial charge >= 0.3 is 5.97 Å². The molecule has 0 unspecified atom stereocenters. The molecule has 0 saturated carbocycles. The first kappa shape index (κ1) is 13.3. The van der Waals surface area contributed by atoms with Crippen LogP contribution in [0.4, 0.5) is 4.39 Å². The van der Waals surface area contributed by atoms with Gasteiger partial charge in [0, 0.05) is 5.39 Å². The van der Waals surface area contributed by atoms with Crippen LogP contribution in [0.2, 0.25) is 0 Å². The van der Waals surface area contributed by atoms with Crippen LogP contribution in [-0.2, 0) is 6.42 Å². The molecule has 0 fully saturated rings. The van der Waals surface area contributed by atoms with Crippen LogP contribution in [-0.4, -0.2) is 20.9 Å². The Kier molecular flexibility index (Phi) is 3.17. The highest BCUT2D eigenvalue weighted by atomic mass is 19.1. The Bertz CT molecular complexity index is 822. The van der Waals surface area contributed by atoms with E-state index in [2.05, 4.69) is 5.10 Å². The lowest BCUT2D eigenvalue weighted by Crippen LogP contribution is -1.99. The summed E-state index contributed by atoms with van der Waals surface area (Å²) in [5.74, 6) is -1.31. The van der Waals surface area contributed by atoms with Crippen molar-refractivity contribution < 1.29 is 14.3 Å². The van der Waals surface area contributed by atoms with Gasteiger partial charge in [0.2, 0.25) is 0 Å². The average Bonchev–Trinajstić information content (AvgIpc) is 2.86. The molecule has 0 atom stereocenters. The van der Waals surface area contributed by atoms with Crippen molar-refractivity contribution in [2.75, 3.05) is 0 Å². The van der Waals surface area contributed by atoms with Gasteiger partial charge in [-0.25, -0.2) is 13.9 Å². The van der Waals surface area contributed by atoms with E-state index in [9.17, 15) is 9.18 Å². The number of carboxylic acid groups (broad SMARTS) is 1. The molecule has 1 heterocycles. The van der Waals surface area contributed by atoms with E-state index in [0.717, 1.165) is 17.5 Å². The van der Waals surface area contributed by atoms with E-state index < -0.39 is 5.97 Å². The Labute approximate surface area is 120 Å². The van der Waals surface area contributed by atoms with Crippen molar-refractivity contribution in [3.63, 3.8) is 0 Å². The SMILES string of the molecule is CCc1nn(-c2ccc(F)cc2)c2cc(C(=O)O)ccc12. The first-order valence-electron chi connectivity index (χ1n) is 6.61. The summed E-state index contributed by atoms with van der Waals surface area (Å²) in [7, 11) is 0. The van der Waals surface area contributed by atoms with Crippen LogP contribution in [0, 0.1) is 5.82 Å². The number of halogens is 1. The van der Waals surface area contributed by atoms with Crippen LogP contribution in [0.5, 0.6) is 0 Å². The first-order chi connectivity index (χ1) is 10.1. The number of nitrogens with zero attached hydrogens (tertiary/aromatic N) is 2. The minimum atomic E-state index is -0.984. The Morgan fingerprint density at radius 3 is 2.57 bits per heavy atom. The highest BCUT2D eigenvalue weighted by Crippen LogP contribution is 2.24. The lowest BCUT2D eigenvalue weighted by atomic mass is 10.1. The molecule has 0 amide bonds. The van der Waals surface area contributed by atoms with E-state index >= 15 is 0 Å². The highest BCUT2D eigenvalue weighted by Gasteiger charge is 2.13. The van der Waals surface area contributed by atoms with Gasteiger partial charge in [0.05, 0.1) is 22.5 Å². The van der Waals surface area contributed by atoms with Crippen molar-refractivity contribution in [3.8, 4) is 5.69 Å². The van der Waals surface area contributed by atoms with E-state index in [1.54, 1.807) is 35.0 Å². The van der Waals surface area contributed by atoms with E-state index in [1.807, 2.05) is 6.92 Å². The predicted molar refractivity (Wildman–Crippen MR) is 77.4 cm³/mol. The van der Waals surface area contributed by atoms with E-state index in [4.69, 9.17) is 5.11 Å². The van der Waals surface area contributed by atoms with Crippen LogP contribution in [0.3, 0.4) is 0 Å². The van der Waals surface area contributed by atoms with Gasteiger partial charge in [-0.3, -0.25) is 0 Å². The standard InChI is InChI=1S/C16H13FN2O2/c1-2-14-13-8-3-10(16(20)21)9-15(13)19(18-14)12-6-4-11(17)5-7-12/h3-9H,2H2,1H3,(H,20,21). The van der Waals surface area contributed by atoms with E-state index in [-0.39, 0.29) is 11.4 Å². The molecule has 0 saturated heterocycles. The second kappa shape index (κ2) is 5.01. The second-order valence-corrected chi connectivity index (χ2v) is 4.73. The fourth-order valence-electron chi connectivity index (χ4n) is 2.35. The molecule has 2 aromatic carbocycles. The van der Waals surface area contributed by atoms with Crippen LogP contribution in [0.1, 0.15) is 23.0 Å². The zero-order chi connectivity index (χ0) is 15.0. The fraction of sp³-hybridized carbons (Fsp3) is 0.125. The molecule has 21 heavy (non-hydrogen) atoms. The summed E-state index contributed by atoms with van der Waals surface area (Å²) in [6.07, 6.45) is 0.733. The monoisotopic (exact) mass is 284 g/mol. The summed E-state index contributed by atoms with van der Waals surface area (Å²) >= 11 is 0. The average molecular weight is 284 g/mol. The molecule has 0 aliphatic carbocycles. The van der Waals surface area contributed by atoms with Crippen LogP contribution < -0.4 is 0 Å². The number of aryl methyl sites for hydroxylation is 1. The number of aromatic nitrogens is 2. The van der Waals surface area contributed by atoms with Crippen molar-refractivity contribution in [3.05, 3.63) is 59.5 Å². The summed E-state index contributed by atoms with van der Waals surface area (Å²) in [6, 6.07) is 10.9. The number of carboxylic acids is 1. The Morgan fingerprint density at radius 1 is 1.24 bits per heavy atom. The lowest BCUT2D eigenvalue weighted by molar-refractivity contribution is 0.0697. The molecule has 0 bridgehead atoms. The van der Waals surface area contributed by atoms with Crippen LogP contribution in [0.15, 0.2) is 42.5 Å². The molecule has 1 aromatic heterocycles. The Hall–Kier alpha value is -2.69. The quantitative estimate of drug-likeness (QED) is 0.801. The number of benzene rings is 2. The van der Waals surface area contributed by atoms with E-state index in [1.165, 1.54) is 12.1 Å². The normalized spacial score (nSPS) is 11.0. The van der Waals surface area contributed by atoms with Crippen LogP contribution >= 0.6 is 0 Å². The van der Waals surface area contributed by atoms with Gasteiger partial charge in [-0.2, -0.15) is 5.10 Å². The molecule has 0 radical (unpaired) electrons. The van der Waals surface area contributed by atoms with Gasteiger partial charge in [0.25, 0.3) is 0 Å². The third kappa shape index (κ3) is 2.27. The number of carbonyl (C=O) groups is 1. The summed E-state index contributed by atoms with van der Waals surface area (Å²) < 4.78 is 14.7. The van der Waals surface area contributed by atoms with E-state index in [0.29, 0.717) is 11.2 Å². The summed E-state index contributed by atoms with van der Waals surface area (Å²) in [5, 5.41) is 14.5. The van der Waals surface area contributed by atoms with Crippen molar-refractivity contribution in [2.24, 2.45) is 0 Å². The summed E-state index contributed by atoms with van der Waals surface area (Å²) in [5.41, 5.74) is 2.49. The fourth-order valence-corrected chi connectivity index (χ4v) is 2.35. The number of rotatable bonds is 3. The van der Waals surface area contributed by atoms with Crippen LogP contribution in [0.25, 0.3) is 16.6 Å². The second-order valence-electron chi connectivity index (χ2n) is 4.73. The number of fused-ring (bicyclic) bond motifs is 1. The van der Waals surface area contributed by atoms with Crippen molar-refractivity contribution >= 4 is 16.9 Å². The number of hydrogen-bond acceptors (Lipinski definition) is 2. The maximum absolute atomic E-state index is 13.1. The molecule has 106 valence electrons. The van der Waals surface area contributed by atoms with Gasteiger partial charge in [-0.05, 0) is 42.8 Å². The van der Waals surface area contributed by atoms with Gasteiger partial charge < -0.3 is 5.11 Å². The Balaban J connectivity index is 2.27. The maximum atomic E-state index is 13.1. The molecule has 0 aliphatic heterocycles. The largest absolute Gasteiger partial charge is 0.478 e. The molecular formula is C16H13FN2O2. The minimum absolute atomic E-state index is 0.202. The highest BCUT2D eigenvalue weighted by molar-refractivity contribution is 5.94. The van der Waals surface area contributed by atoms with Crippen molar-refractivity contribution in [1.82, 2.24) is 9.78 Å². The summed E-state index contributed by atoms with van der Waals surface area (Å²) in [4.78, 5) is 11.1. The van der Waals surface area contributed by atoms with Gasteiger partial charge in [0.1, 0.15) is 5.82 Å². The zero-order valence-electron chi connectivity index (χ0n) is 11.4. The Morgan fingerprint density at radius 2 is 1.95 bits per heavy atom. The molecule has 1 N–H and O–H groups in total. The first-order valence-corrected chi connectivity index (χ1v) is 6.61. The smallest absolute Gasteiger partial charge is 0.335 e. The number of aromatic carboxylic acids is 1. The third-order valence-corrected chi connectivity index (χ3v) is 3.41. The van der Waals surface area contributed by atoms with Gasteiger partial charge in [0.15, 0.2) is 0 Å². The predicted octanol–water partition coefficient (Wildman–Crippen LogP) is 3.43. The van der Waals surface area contributed by atoms with Gasteiger partial charge in [-0.1, -0.05) is 13.0 Å². The molecule has 4 nitrogen and oxygen atoms in total. The molecule has 0 spiro atoms. The number of hydrogen-bond donors (Lipinski definition) is 1. The molecule has 3 aromatic rings. The maximum Gasteiger partial charge on any atom is 0.335 e. The summed E-state index contributed by atoms with van der Waals surface area (Å²) in [6.45, 7) is 1.99. The minimum Gasteiger partial charge on any atom is -0.478 e. The van der Waals surface area contributed by atoms with Crippen molar-refractivity contribution in [1.29, 1.82) is 0 Å².